The van der Waals surface area contributed by atoms with Gasteiger partial charge >= 0.3 is 0 Å². The van der Waals surface area contributed by atoms with E-state index < -0.39 is 11.6 Å². The molecule has 0 radical (unpaired) electrons. The summed E-state index contributed by atoms with van der Waals surface area (Å²) < 4.78 is 42.2. The Morgan fingerprint density at radius 1 is 0.778 bits per heavy atom. The summed E-state index contributed by atoms with van der Waals surface area (Å²) in [4.78, 5) is 0. The first-order valence-electron chi connectivity index (χ1n) is 8.93. The first-order chi connectivity index (χ1) is 13.1. The van der Waals surface area contributed by atoms with Crippen LogP contribution in [-0.4, -0.2) is 0 Å². The summed E-state index contributed by atoms with van der Waals surface area (Å²) in [5.41, 5.74) is 2.23. The van der Waals surface area contributed by atoms with Crippen LogP contribution in [0.1, 0.15) is 36.5 Å². The summed E-state index contributed by atoms with van der Waals surface area (Å²) in [5, 5.41) is 0. The number of hydrogen-bond acceptors (Lipinski definition) is 0. The Morgan fingerprint density at radius 3 is 2.07 bits per heavy atom. The van der Waals surface area contributed by atoms with Crippen molar-refractivity contribution in [2.75, 3.05) is 0 Å². The van der Waals surface area contributed by atoms with E-state index in [1.54, 1.807) is 42.5 Å². The minimum atomic E-state index is -0.642. The van der Waals surface area contributed by atoms with Crippen molar-refractivity contribution in [3.63, 3.8) is 0 Å². The van der Waals surface area contributed by atoms with Gasteiger partial charge in [-0.1, -0.05) is 55.5 Å². The third kappa shape index (κ3) is 4.60. The Balaban J connectivity index is 1.83. The lowest BCUT2D eigenvalue weighted by atomic mass is 10.0. The maximum atomic E-state index is 14.2. The number of aryl methyl sites for hydroxylation is 1. The van der Waals surface area contributed by atoms with Crippen molar-refractivity contribution in [2.24, 2.45) is 0 Å². The highest BCUT2D eigenvalue weighted by atomic mass is 19.1. The topological polar surface area (TPSA) is 0 Å². The first-order valence-corrected chi connectivity index (χ1v) is 8.93. The summed E-state index contributed by atoms with van der Waals surface area (Å²) in [5.74, 6) is 3.77. The van der Waals surface area contributed by atoms with Gasteiger partial charge in [-0.05, 0) is 54.3 Å². The summed E-state index contributed by atoms with van der Waals surface area (Å²) in [6.07, 6.45) is 2.50. The number of unbranched alkanes of at least 4 members (excludes halogenated alkanes) is 1. The predicted octanol–water partition coefficient (Wildman–Crippen LogP) is 6.51. The number of rotatable bonds is 4. The minimum Gasteiger partial charge on any atom is -0.206 e. The van der Waals surface area contributed by atoms with Crippen LogP contribution in [0.2, 0.25) is 0 Å². The van der Waals surface area contributed by atoms with Crippen molar-refractivity contribution in [1.82, 2.24) is 0 Å². The van der Waals surface area contributed by atoms with Crippen LogP contribution in [0.3, 0.4) is 0 Å². The van der Waals surface area contributed by atoms with Crippen LogP contribution < -0.4 is 0 Å². The Hall–Kier alpha value is -2.99. The van der Waals surface area contributed by atoms with Gasteiger partial charge in [0.15, 0.2) is 0 Å². The number of hydrogen-bond donors (Lipinski definition) is 0. The number of halogens is 3. The van der Waals surface area contributed by atoms with Gasteiger partial charge in [0.25, 0.3) is 0 Å². The van der Waals surface area contributed by atoms with Crippen molar-refractivity contribution in [1.29, 1.82) is 0 Å². The highest BCUT2D eigenvalue weighted by molar-refractivity contribution is 5.65. The van der Waals surface area contributed by atoms with E-state index in [0.717, 1.165) is 18.4 Å². The predicted molar refractivity (Wildman–Crippen MR) is 103 cm³/mol. The van der Waals surface area contributed by atoms with Crippen LogP contribution >= 0.6 is 0 Å². The Morgan fingerprint density at radius 2 is 1.44 bits per heavy atom. The molecule has 0 aromatic heterocycles. The van der Waals surface area contributed by atoms with Gasteiger partial charge in [0.1, 0.15) is 17.5 Å². The molecule has 0 spiro atoms. The molecule has 27 heavy (non-hydrogen) atoms. The van der Waals surface area contributed by atoms with Crippen LogP contribution in [0, 0.1) is 29.3 Å². The maximum absolute atomic E-state index is 14.2. The van der Waals surface area contributed by atoms with Crippen molar-refractivity contribution in [3.8, 4) is 23.0 Å². The third-order valence-corrected chi connectivity index (χ3v) is 4.32. The zero-order chi connectivity index (χ0) is 19.2. The van der Waals surface area contributed by atoms with Crippen LogP contribution in [0.5, 0.6) is 0 Å². The van der Waals surface area contributed by atoms with E-state index >= 15 is 0 Å². The highest BCUT2D eigenvalue weighted by Crippen LogP contribution is 2.22. The molecule has 0 atom stereocenters. The smallest absolute Gasteiger partial charge is 0.142 e. The van der Waals surface area contributed by atoms with Crippen molar-refractivity contribution < 1.29 is 13.2 Å². The van der Waals surface area contributed by atoms with Gasteiger partial charge in [-0.2, -0.15) is 0 Å². The summed E-state index contributed by atoms with van der Waals surface area (Å²) in [7, 11) is 0. The molecule has 0 N–H and O–H groups in total. The zero-order valence-electron chi connectivity index (χ0n) is 15.0. The van der Waals surface area contributed by atoms with E-state index in [9.17, 15) is 13.2 Å². The molecule has 3 heteroatoms. The average Bonchev–Trinajstić information content (AvgIpc) is 2.67. The molecule has 136 valence electrons. The van der Waals surface area contributed by atoms with Gasteiger partial charge in [-0.25, -0.2) is 13.2 Å². The molecule has 0 heterocycles. The molecule has 3 rings (SSSR count). The first kappa shape index (κ1) is 18.8. The third-order valence-electron chi connectivity index (χ3n) is 4.32. The molecule has 0 unspecified atom stereocenters. The summed E-state index contributed by atoms with van der Waals surface area (Å²) >= 11 is 0. The quantitative estimate of drug-likeness (QED) is 0.463. The Labute approximate surface area is 157 Å². The summed E-state index contributed by atoms with van der Waals surface area (Å²) in [6, 6.07) is 16.1. The molecule has 0 bridgehead atoms. The van der Waals surface area contributed by atoms with Gasteiger partial charge in [-0.3, -0.25) is 0 Å². The zero-order valence-corrected chi connectivity index (χ0v) is 15.0. The van der Waals surface area contributed by atoms with Crippen LogP contribution in [0.25, 0.3) is 11.1 Å². The second kappa shape index (κ2) is 8.60. The van der Waals surface area contributed by atoms with E-state index in [-0.39, 0.29) is 11.4 Å². The lowest BCUT2D eigenvalue weighted by Gasteiger charge is -2.04. The molecule has 0 nitrogen and oxygen atoms in total. The molecule has 0 saturated heterocycles. The fraction of sp³-hybridized carbons (Fsp3) is 0.167. The van der Waals surface area contributed by atoms with Gasteiger partial charge in [0.05, 0.1) is 5.56 Å². The van der Waals surface area contributed by atoms with Crippen LogP contribution in [0.15, 0.2) is 60.7 Å². The molecule has 0 amide bonds. The van der Waals surface area contributed by atoms with Crippen LogP contribution in [0.4, 0.5) is 13.2 Å². The van der Waals surface area contributed by atoms with E-state index in [4.69, 9.17) is 0 Å². The fourth-order valence-electron chi connectivity index (χ4n) is 2.83. The molecule has 0 fully saturated rings. The van der Waals surface area contributed by atoms with Crippen molar-refractivity contribution >= 4 is 0 Å². The van der Waals surface area contributed by atoms with E-state index in [1.165, 1.54) is 18.2 Å². The second-order valence-corrected chi connectivity index (χ2v) is 6.35. The fourth-order valence-corrected chi connectivity index (χ4v) is 2.83. The molecule has 3 aromatic rings. The van der Waals surface area contributed by atoms with E-state index in [0.29, 0.717) is 23.1 Å². The van der Waals surface area contributed by atoms with Gasteiger partial charge in [-0.15, -0.1) is 0 Å². The lowest BCUT2D eigenvalue weighted by Crippen LogP contribution is -1.95. The van der Waals surface area contributed by atoms with Crippen molar-refractivity contribution in [3.05, 3.63) is 94.8 Å². The maximum Gasteiger partial charge on any atom is 0.142 e. The van der Waals surface area contributed by atoms with Gasteiger partial charge in [0.2, 0.25) is 0 Å². The molecule has 0 aliphatic rings. The van der Waals surface area contributed by atoms with Gasteiger partial charge < -0.3 is 0 Å². The molecular weight excluding hydrogens is 345 g/mol. The molecule has 3 aromatic carbocycles. The number of benzene rings is 3. The Bertz CT molecular complexity index is 969. The normalized spacial score (nSPS) is 10.4. The molecule has 0 aliphatic heterocycles. The average molecular weight is 364 g/mol. The van der Waals surface area contributed by atoms with Crippen LogP contribution in [-0.2, 0) is 6.42 Å². The van der Waals surface area contributed by atoms with Crippen molar-refractivity contribution in [2.45, 2.75) is 26.2 Å². The Kier molecular flexibility index (Phi) is 5.98. The summed E-state index contributed by atoms with van der Waals surface area (Å²) in [6.45, 7) is 2.03. The monoisotopic (exact) mass is 364 g/mol. The molecule has 0 aliphatic carbocycles. The molecular formula is C24H19F3. The van der Waals surface area contributed by atoms with E-state index in [2.05, 4.69) is 11.8 Å². The second-order valence-electron chi connectivity index (χ2n) is 6.35. The van der Waals surface area contributed by atoms with Gasteiger partial charge in [0, 0.05) is 11.1 Å². The SMILES string of the molecule is CCCCc1cc(F)c(C#Cc2ccc(-c3ccccc3F)cc2)c(F)c1. The molecule has 0 saturated carbocycles. The lowest BCUT2D eigenvalue weighted by molar-refractivity contribution is 0.572. The van der Waals surface area contributed by atoms with E-state index in [1.807, 2.05) is 6.92 Å². The highest BCUT2D eigenvalue weighted by Gasteiger charge is 2.09. The largest absolute Gasteiger partial charge is 0.206 e. The minimum absolute atomic E-state index is 0.228. The standard InChI is InChI=1S/C24H19F3/c1-2-3-6-18-15-23(26)21(24(27)16-18)14-11-17-9-12-19(13-10-17)20-7-4-5-8-22(20)25/h4-5,7-10,12-13,15-16H,2-3,6H2,1H3.